The van der Waals surface area contributed by atoms with E-state index in [1.165, 1.54) is 5.56 Å². The molecule has 1 heterocycles. The Morgan fingerprint density at radius 1 is 1.26 bits per heavy atom. The number of aliphatic hydroxyl groups excluding tert-OH is 1. The standard InChI is InChI=1S/C20H24N2O5/c1-20(2)9-15(23)17(18(26)21-10-16(24)25)19(27)22(20)11-13-8-14(13)12-6-4-3-5-7-12/h3-7,13-14,23H,8-11H2,1-2H3,(H,21,26)(H,24,25)/t13-,14-/m1/s1. The molecule has 0 unspecified atom stereocenters. The zero-order valence-electron chi connectivity index (χ0n) is 15.4. The average molecular weight is 372 g/mol. The number of carbonyl (C=O) groups is 3. The third-order valence-corrected chi connectivity index (χ3v) is 5.27. The van der Waals surface area contributed by atoms with E-state index in [-0.39, 0.29) is 17.8 Å². The molecule has 3 rings (SSSR count). The molecule has 2 amide bonds. The van der Waals surface area contributed by atoms with Crippen molar-refractivity contribution in [3.8, 4) is 0 Å². The Morgan fingerprint density at radius 3 is 2.56 bits per heavy atom. The van der Waals surface area contributed by atoms with Crippen molar-refractivity contribution < 1.29 is 24.6 Å². The quantitative estimate of drug-likeness (QED) is 0.660. The van der Waals surface area contributed by atoms with Gasteiger partial charge in [0.25, 0.3) is 11.8 Å². The summed E-state index contributed by atoms with van der Waals surface area (Å²) in [5.74, 6) is -2.22. The molecule has 0 spiro atoms. The fourth-order valence-electron chi connectivity index (χ4n) is 3.72. The molecule has 0 saturated heterocycles. The van der Waals surface area contributed by atoms with Crippen molar-refractivity contribution in [1.29, 1.82) is 0 Å². The Balaban J connectivity index is 1.74. The maximum atomic E-state index is 12.9. The largest absolute Gasteiger partial charge is 0.511 e. The lowest BCUT2D eigenvalue weighted by Gasteiger charge is -2.42. The summed E-state index contributed by atoms with van der Waals surface area (Å²) in [6.07, 6.45) is 1.12. The second-order valence-electron chi connectivity index (χ2n) is 7.82. The maximum absolute atomic E-state index is 12.9. The first-order chi connectivity index (χ1) is 12.7. The zero-order valence-corrected chi connectivity index (χ0v) is 15.4. The van der Waals surface area contributed by atoms with Gasteiger partial charge in [0, 0.05) is 18.5 Å². The Hall–Kier alpha value is -2.83. The van der Waals surface area contributed by atoms with Crippen LogP contribution >= 0.6 is 0 Å². The summed E-state index contributed by atoms with van der Waals surface area (Å²) < 4.78 is 0. The lowest BCUT2D eigenvalue weighted by molar-refractivity contribution is -0.140. The third-order valence-electron chi connectivity index (χ3n) is 5.27. The first kappa shape index (κ1) is 18.9. The van der Waals surface area contributed by atoms with Crippen LogP contribution in [0.3, 0.4) is 0 Å². The van der Waals surface area contributed by atoms with E-state index in [0.717, 1.165) is 6.42 Å². The van der Waals surface area contributed by atoms with Gasteiger partial charge in [-0.2, -0.15) is 0 Å². The second-order valence-corrected chi connectivity index (χ2v) is 7.82. The van der Waals surface area contributed by atoms with Gasteiger partial charge in [-0.3, -0.25) is 14.4 Å². The van der Waals surface area contributed by atoms with Gasteiger partial charge in [-0.15, -0.1) is 0 Å². The average Bonchev–Trinajstić information content (AvgIpc) is 3.36. The van der Waals surface area contributed by atoms with Gasteiger partial charge in [0.15, 0.2) is 0 Å². The number of carboxylic acids is 1. The molecular weight excluding hydrogens is 348 g/mol. The van der Waals surface area contributed by atoms with Crippen LogP contribution in [-0.2, 0) is 14.4 Å². The number of aliphatic hydroxyl groups is 1. The van der Waals surface area contributed by atoms with E-state index in [9.17, 15) is 19.5 Å². The molecule has 1 aliphatic carbocycles. The minimum atomic E-state index is -1.22. The monoisotopic (exact) mass is 372 g/mol. The molecule has 1 saturated carbocycles. The molecule has 2 atom stereocenters. The number of hydrogen-bond donors (Lipinski definition) is 3. The van der Waals surface area contributed by atoms with Crippen molar-refractivity contribution in [2.45, 2.75) is 38.1 Å². The minimum Gasteiger partial charge on any atom is -0.511 e. The van der Waals surface area contributed by atoms with Gasteiger partial charge >= 0.3 is 5.97 Å². The van der Waals surface area contributed by atoms with Crippen molar-refractivity contribution in [3.63, 3.8) is 0 Å². The highest BCUT2D eigenvalue weighted by Gasteiger charge is 2.47. The van der Waals surface area contributed by atoms with Crippen LogP contribution in [0.5, 0.6) is 0 Å². The maximum Gasteiger partial charge on any atom is 0.322 e. The lowest BCUT2D eigenvalue weighted by Crippen LogP contribution is -2.54. The summed E-state index contributed by atoms with van der Waals surface area (Å²) in [5, 5.41) is 21.1. The molecule has 1 aromatic rings. The number of rotatable bonds is 6. The van der Waals surface area contributed by atoms with Crippen LogP contribution in [0.4, 0.5) is 0 Å². The Morgan fingerprint density at radius 2 is 1.93 bits per heavy atom. The third kappa shape index (κ3) is 3.97. The van der Waals surface area contributed by atoms with Gasteiger partial charge in [-0.05, 0) is 37.7 Å². The molecule has 1 fully saturated rings. The van der Waals surface area contributed by atoms with Gasteiger partial charge in [-0.25, -0.2) is 0 Å². The summed E-state index contributed by atoms with van der Waals surface area (Å²) in [5.41, 5.74) is 0.261. The van der Waals surface area contributed by atoms with Gasteiger partial charge in [-0.1, -0.05) is 30.3 Å². The van der Waals surface area contributed by atoms with E-state index in [4.69, 9.17) is 5.11 Å². The van der Waals surface area contributed by atoms with Gasteiger partial charge in [0.05, 0.1) is 0 Å². The number of hydrogen-bond acceptors (Lipinski definition) is 4. The van der Waals surface area contributed by atoms with Crippen molar-refractivity contribution in [3.05, 3.63) is 47.2 Å². The van der Waals surface area contributed by atoms with Crippen LogP contribution in [0.25, 0.3) is 0 Å². The van der Waals surface area contributed by atoms with E-state index in [0.29, 0.717) is 18.4 Å². The predicted octanol–water partition coefficient (Wildman–Crippen LogP) is 1.81. The number of carbonyl (C=O) groups excluding carboxylic acids is 2. The molecule has 0 bridgehead atoms. The number of nitrogens with one attached hydrogen (secondary N) is 1. The fourth-order valence-corrected chi connectivity index (χ4v) is 3.72. The topological polar surface area (TPSA) is 107 Å². The molecule has 1 aromatic carbocycles. The number of benzene rings is 1. The summed E-state index contributed by atoms with van der Waals surface area (Å²) in [4.78, 5) is 37.5. The number of amides is 2. The van der Waals surface area contributed by atoms with E-state index in [2.05, 4.69) is 17.4 Å². The summed E-state index contributed by atoms with van der Waals surface area (Å²) >= 11 is 0. The van der Waals surface area contributed by atoms with E-state index >= 15 is 0 Å². The Bertz CT molecular complexity index is 800. The SMILES string of the molecule is CC1(C)CC(O)=C(C(=O)NCC(=O)O)C(=O)N1C[C@H]1C[C@@H]1c1ccccc1. The van der Waals surface area contributed by atoms with Gasteiger partial charge in [0.2, 0.25) is 0 Å². The molecule has 3 N–H and O–H groups in total. The normalized spacial score (nSPS) is 23.9. The van der Waals surface area contributed by atoms with Gasteiger partial charge < -0.3 is 20.4 Å². The molecule has 144 valence electrons. The summed E-state index contributed by atoms with van der Waals surface area (Å²) in [7, 11) is 0. The highest BCUT2D eigenvalue weighted by Crippen LogP contribution is 2.49. The Kier molecular flexibility index (Phi) is 4.95. The molecule has 27 heavy (non-hydrogen) atoms. The van der Waals surface area contributed by atoms with Crippen LogP contribution in [-0.4, -0.2) is 51.5 Å². The number of aliphatic carboxylic acids is 1. The highest BCUT2D eigenvalue weighted by molar-refractivity contribution is 6.19. The summed E-state index contributed by atoms with van der Waals surface area (Å²) in [6, 6.07) is 10.1. The van der Waals surface area contributed by atoms with Crippen LogP contribution in [0, 0.1) is 5.92 Å². The van der Waals surface area contributed by atoms with E-state index < -0.39 is 29.9 Å². The van der Waals surface area contributed by atoms with Crippen molar-refractivity contribution in [2.24, 2.45) is 5.92 Å². The fraction of sp³-hybridized carbons (Fsp3) is 0.450. The zero-order chi connectivity index (χ0) is 19.8. The first-order valence-electron chi connectivity index (χ1n) is 8.99. The first-order valence-corrected chi connectivity index (χ1v) is 8.99. The molecule has 0 radical (unpaired) electrons. The molecule has 7 nitrogen and oxygen atoms in total. The van der Waals surface area contributed by atoms with Crippen LogP contribution in [0.1, 0.15) is 38.2 Å². The Labute approximate surface area is 157 Å². The summed E-state index contributed by atoms with van der Waals surface area (Å²) in [6.45, 7) is 3.60. The molecule has 0 aromatic heterocycles. The lowest BCUT2D eigenvalue weighted by atomic mass is 9.88. The smallest absolute Gasteiger partial charge is 0.322 e. The van der Waals surface area contributed by atoms with Crippen molar-refractivity contribution >= 4 is 17.8 Å². The van der Waals surface area contributed by atoms with Crippen LogP contribution < -0.4 is 5.32 Å². The van der Waals surface area contributed by atoms with Crippen molar-refractivity contribution in [2.75, 3.05) is 13.1 Å². The molecule has 1 aliphatic heterocycles. The number of nitrogens with zero attached hydrogens (tertiary/aromatic N) is 1. The van der Waals surface area contributed by atoms with Gasteiger partial charge in [0.1, 0.15) is 17.9 Å². The predicted molar refractivity (Wildman–Crippen MR) is 98.0 cm³/mol. The molecule has 7 heteroatoms. The van der Waals surface area contributed by atoms with E-state index in [1.807, 2.05) is 32.0 Å². The highest BCUT2D eigenvalue weighted by atomic mass is 16.4. The molecule has 2 aliphatic rings. The minimum absolute atomic E-state index is 0.150. The second kappa shape index (κ2) is 7.06. The van der Waals surface area contributed by atoms with Crippen LogP contribution in [0.2, 0.25) is 0 Å². The number of carboxylic acid groups (broad SMARTS) is 1. The van der Waals surface area contributed by atoms with Crippen LogP contribution in [0.15, 0.2) is 41.7 Å². The van der Waals surface area contributed by atoms with Crippen molar-refractivity contribution in [1.82, 2.24) is 10.2 Å². The molecular formula is C20H24N2O5. The van der Waals surface area contributed by atoms with E-state index in [1.54, 1.807) is 4.90 Å².